The fourth-order valence-corrected chi connectivity index (χ4v) is 0. The second kappa shape index (κ2) is 7.02. The van der Waals surface area contributed by atoms with Gasteiger partial charge in [-0.15, -0.1) is 23.2 Å². The van der Waals surface area contributed by atoms with Gasteiger partial charge in [-0.25, -0.2) is 0 Å². The molecule has 0 rings (SSSR count). The van der Waals surface area contributed by atoms with Crippen LogP contribution in [-0.4, -0.2) is 31.0 Å². The van der Waals surface area contributed by atoms with Crippen molar-refractivity contribution in [1.29, 1.82) is 0 Å². The highest BCUT2D eigenvalue weighted by Crippen LogP contribution is 2.17. The van der Waals surface area contributed by atoms with Crippen molar-refractivity contribution in [3.63, 3.8) is 0 Å². The Hall–Kier alpha value is 1.66. The first-order chi connectivity index (χ1) is 5.12. The summed E-state index contributed by atoms with van der Waals surface area (Å²) >= 11 is 29.6. The highest BCUT2D eigenvalue weighted by molar-refractivity contribution is 6.50. The molecule has 0 aliphatic rings. The van der Waals surface area contributed by atoms with E-state index in [-0.39, 0.29) is 11.8 Å². The van der Waals surface area contributed by atoms with Crippen LogP contribution in [0.3, 0.4) is 0 Å². The van der Waals surface area contributed by atoms with Crippen LogP contribution in [0.1, 0.15) is 0 Å². The van der Waals surface area contributed by atoms with Crippen molar-refractivity contribution in [2.24, 2.45) is 0 Å². The quantitative estimate of drug-likeness (QED) is 0.770. The summed E-state index contributed by atoms with van der Waals surface area (Å²) in [6.07, 6.45) is 0. The molecule has 0 saturated heterocycles. The lowest BCUT2D eigenvalue weighted by atomic mass is 10.8. The molecular weight excluding hydrogens is 293 g/mol. The van der Waals surface area contributed by atoms with E-state index in [1.165, 1.54) is 0 Å². The van der Waals surface area contributed by atoms with E-state index in [0.29, 0.717) is 0 Å². The lowest BCUT2D eigenvalue weighted by Gasteiger charge is -2.03. The smallest absolute Gasteiger partial charge is 0.228 e. The highest BCUT2D eigenvalue weighted by atomic mass is 35.5. The van der Waals surface area contributed by atoms with Crippen molar-refractivity contribution in [3.05, 3.63) is 0 Å². The zero-order valence-corrected chi connectivity index (χ0v) is 10.1. The van der Waals surface area contributed by atoms with E-state index in [9.17, 15) is 0 Å². The largest absolute Gasteiger partial charge is 0.362 e. The third-order valence-corrected chi connectivity index (χ3v) is 2.18. The molecule has 0 aromatic rings. The van der Waals surface area contributed by atoms with Gasteiger partial charge in [-0.1, -0.05) is 46.4 Å². The van der Waals surface area contributed by atoms with Crippen LogP contribution in [-0.2, 0) is 0 Å². The predicted molar refractivity (Wildman–Crippen MR) is 54.8 cm³/mol. The monoisotopic (exact) mass is 296 g/mol. The van der Waals surface area contributed by atoms with E-state index in [0.717, 1.165) is 0 Å². The third kappa shape index (κ3) is 22.6. The lowest BCUT2D eigenvalue weighted by molar-refractivity contribution is 0.239. The second-order valence-corrected chi connectivity index (χ2v) is 5.02. The average Bonchev–Trinajstić information content (AvgIpc) is 1.86. The molecule has 0 amide bonds. The maximum absolute atomic E-state index is 8.23. The summed E-state index contributed by atoms with van der Waals surface area (Å²) < 4.78 is -3.50. The maximum Gasteiger partial charge on any atom is 0.228 e. The zero-order chi connectivity index (χ0) is 10.4. The first-order valence-electron chi connectivity index (χ1n) is 2.44. The van der Waals surface area contributed by atoms with Crippen molar-refractivity contribution in [2.75, 3.05) is 11.8 Å². The minimum Gasteiger partial charge on any atom is -0.362 e. The zero-order valence-electron chi connectivity index (χ0n) is 5.58. The molecule has 0 radical (unpaired) electrons. The van der Waals surface area contributed by atoms with Crippen molar-refractivity contribution in [3.8, 4) is 0 Å². The van der Waals surface area contributed by atoms with Gasteiger partial charge in [0.1, 0.15) is 0 Å². The standard InChI is InChI=1S/2C2H3Cl3O/c2*3-1-2(4,5)6/h2*6H,1H2. The molecule has 0 aromatic heterocycles. The number of aliphatic hydroxyl groups is 2. The SMILES string of the molecule is OC(Cl)(Cl)CCl.OC(Cl)(Cl)CCl. The minimum absolute atomic E-state index is 0.171. The summed E-state index contributed by atoms with van der Waals surface area (Å²) in [6.45, 7) is 0. The second-order valence-electron chi connectivity index (χ2n) is 1.60. The molecule has 0 spiro atoms. The molecule has 12 heavy (non-hydrogen) atoms. The predicted octanol–water partition coefficient (Wildman–Crippen LogP) is 2.70. The van der Waals surface area contributed by atoms with Crippen molar-refractivity contribution in [2.45, 2.75) is 9.04 Å². The molecule has 2 nitrogen and oxygen atoms in total. The van der Waals surface area contributed by atoms with Crippen molar-refractivity contribution < 1.29 is 10.2 Å². The molecule has 0 bridgehead atoms. The summed E-state index contributed by atoms with van der Waals surface area (Å²) in [6, 6.07) is 0. The van der Waals surface area contributed by atoms with Crippen LogP contribution < -0.4 is 0 Å². The Balaban J connectivity index is 0. The fraction of sp³-hybridized carbons (Fsp3) is 1.00. The summed E-state index contributed by atoms with van der Waals surface area (Å²) in [4.78, 5) is 0. The molecule has 0 fully saturated rings. The van der Waals surface area contributed by atoms with Crippen LogP contribution in [0.4, 0.5) is 0 Å². The maximum atomic E-state index is 8.23. The van der Waals surface area contributed by atoms with Crippen LogP contribution in [0.5, 0.6) is 0 Å². The average molecular weight is 299 g/mol. The first kappa shape index (κ1) is 16.1. The molecule has 0 atom stereocenters. The van der Waals surface area contributed by atoms with Crippen LogP contribution in [0.2, 0.25) is 0 Å². The summed E-state index contributed by atoms with van der Waals surface area (Å²) in [5, 5.41) is 16.5. The van der Waals surface area contributed by atoms with Gasteiger partial charge in [0, 0.05) is 0 Å². The molecule has 2 N–H and O–H groups in total. The fourth-order valence-electron chi connectivity index (χ4n) is 0. The molecule has 0 saturated carbocycles. The van der Waals surface area contributed by atoms with E-state index in [4.69, 9.17) is 79.8 Å². The van der Waals surface area contributed by atoms with Gasteiger partial charge in [0.25, 0.3) is 0 Å². The molecule has 0 aliphatic carbocycles. The molecule has 0 aliphatic heterocycles. The van der Waals surface area contributed by atoms with Gasteiger partial charge >= 0.3 is 0 Å². The van der Waals surface area contributed by atoms with Gasteiger partial charge in [-0.3, -0.25) is 0 Å². The Kier molecular flexibility index (Phi) is 9.42. The van der Waals surface area contributed by atoms with Gasteiger partial charge in [0.15, 0.2) is 0 Å². The Morgan fingerprint density at radius 3 is 0.833 bits per heavy atom. The van der Waals surface area contributed by atoms with E-state index < -0.39 is 9.04 Å². The number of halogens is 6. The van der Waals surface area contributed by atoms with Crippen LogP contribution in [0, 0.1) is 0 Å². The Morgan fingerprint density at radius 1 is 0.750 bits per heavy atom. The van der Waals surface area contributed by atoms with Crippen LogP contribution in [0.25, 0.3) is 0 Å². The van der Waals surface area contributed by atoms with Crippen LogP contribution in [0.15, 0.2) is 0 Å². The van der Waals surface area contributed by atoms with Crippen molar-refractivity contribution >= 4 is 69.6 Å². The molecule has 0 heterocycles. The number of rotatable bonds is 2. The minimum atomic E-state index is -1.75. The van der Waals surface area contributed by atoms with E-state index in [2.05, 4.69) is 0 Å². The van der Waals surface area contributed by atoms with Gasteiger partial charge in [-0.05, 0) is 0 Å². The topological polar surface area (TPSA) is 40.5 Å². The lowest BCUT2D eigenvalue weighted by Crippen LogP contribution is -2.11. The molecule has 8 heteroatoms. The third-order valence-electron chi connectivity index (χ3n) is 0.322. The molecule has 0 aromatic carbocycles. The van der Waals surface area contributed by atoms with E-state index in [1.54, 1.807) is 0 Å². The van der Waals surface area contributed by atoms with Gasteiger partial charge in [0.2, 0.25) is 9.04 Å². The summed E-state index contributed by atoms with van der Waals surface area (Å²) in [5.41, 5.74) is 0. The summed E-state index contributed by atoms with van der Waals surface area (Å²) in [7, 11) is 0. The number of alkyl halides is 6. The van der Waals surface area contributed by atoms with Crippen molar-refractivity contribution in [1.82, 2.24) is 0 Å². The Bertz CT molecular complexity index is 91.1. The van der Waals surface area contributed by atoms with Gasteiger partial charge in [0.05, 0.1) is 11.8 Å². The summed E-state index contributed by atoms with van der Waals surface area (Å²) in [5.74, 6) is -0.341. The van der Waals surface area contributed by atoms with E-state index >= 15 is 0 Å². The molecular formula is C4H6Cl6O2. The van der Waals surface area contributed by atoms with E-state index in [1.807, 2.05) is 0 Å². The van der Waals surface area contributed by atoms with Gasteiger partial charge in [-0.2, -0.15) is 0 Å². The molecule has 76 valence electrons. The number of hydrogen-bond donors (Lipinski definition) is 2. The Labute approximate surface area is 100 Å². The van der Waals surface area contributed by atoms with Gasteiger partial charge < -0.3 is 10.2 Å². The first-order valence-corrected chi connectivity index (χ1v) is 5.03. The molecule has 0 unspecified atom stereocenters. The van der Waals surface area contributed by atoms with Crippen LogP contribution >= 0.6 is 69.6 Å². The number of hydrogen-bond acceptors (Lipinski definition) is 2. The highest BCUT2D eigenvalue weighted by Gasteiger charge is 2.15. The normalized spacial score (nSPS) is 12.0. The Morgan fingerprint density at radius 2 is 0.833 bits per heavy atom.